The number of aromatic nitrogens is 2. The minimum atomic E-state index is -1.03. The van der Waals surface area contributed by atoms with Crippen LogP contribution >= 0.6 is 11.6 Å². The molecule has 1 saturated carbocycles. The van der Waals surface area contributed by atoms with Crippen LogP contribution in [-0.2, 0) is 17.8 Å². The van der Waals surface area contributed by atoms with Crippen LogP contribution in [0.3, 0.4) is 0 Å². The van der Waals surface area contributed by atoms with Crippen LogP contribution in [0, 0.1) is 18.3 Å². The normalized spacial score (nSPS) is 22.4. The molecule has 3 atom stereocenters. The lowest BCUT2D eigenvalue weighted by Gasteiger charge is -2.41. The molecule has 2 bridgehead atoms. The van der Waals surface area contributed by atoms with Gasteiger partial charge in [-0.2, -0.15) is 9.97 Å². The lowest BCUT2D eigenvalue weighted by molar-refractivity contribution is -0.131. The number of rotatable bonds is 9. The molecule has 7 rings (SSSR count). The first-order chi connectivity index (χ1) is 22.8. The van der Waals surface area contributed by atoms with Gasteiger partial charge in [-0.3, -0.25) is 9.69 Å². The van der Waals surface area contributed by atoms with Gasteiger partial charge in [-0.1, -0.05) is 36.4 Å². The van der Waals surface area contributed by atoms with E-state index < -0.39 is 23.6 Å². The van der Waals surface area contributed by atoms with Gasteiger partial charge < -0.3 is 24.3 Å². The molecule has 0 radical (unpaired) electrons. The Labute approximate surface area is 278 Å². The number of piperidine rings is 1. The highest BCUT2D eigenvalue weighted by molar-refractivity contribution is 6.36. The van der Waals surface area contributed by atoms with E-state index in [0.29, 0.717) is 56.5 Å². The first-order valence-electron chi connectivity index (χ1n) is 16.4. The van der Waals surface area contributed by atoms with E-state index in [1.54, 1.807) is 6.07 Å². The second-order valence-electron chi connectivity index (χ2n) is 13.0. The van der Waals surface area contributed by atoms with Crippen LogP contribution in [0.1, 0.15) is 36.9 Å². The second-order valence-corrected chi connectivity index (χ2v) is 13.4. The van der Waals surface area contributed by atoms with Crippen molar-refractivity contribution in [1.29, 1.82) is 0 Å². The molecular formula is C35H38ClF2N7O2. The van der Waals surface area contributed by atoms with Crippen molar-refractivity contribution < 1.29 is 18.3 Å². The highest BCUT2D eigenvalue weighted by Crippen LogP contribution is 2.39. The molecule has 9 nitrogen and oxygen atoms in total. The van der Waals surface area contributed by atoms with Crippen molar-refractivity contribution in [3.8, 4) is 6.01 Å². The zero-order chi connectivity index (χ0) is 32.7. The van der Waals surface area contributed by atoms with E-state index in [4.69, 9.17) is 32.9 Å². The van der Waals surface area contributed by atoms with Gasteiger partial charge >= 0.3 is 6.01 Å². The molecule has 2 aromatic carbocycles. The lowest BCUT2D eigenvalue weighted by Crippen LogP contribution is -2.57. The first kappa shape index (κ1) is 31.6. The molecule has 4 aliphatic rings. The second kappa shape index (κ2) is 13.2. The third-order valence-corrected chi connectivity index (χ3v) is 10.6. The summed E-state index contributed by atoms with van der Waals surface area (Å²) in [4.78, 5) is 34.1. The molecular weight excluding hydrogens is 624 g/mol. The number of likely N-dealkylation sites (tertiary alicyclic amines) is 1. The highest BCUT2D eigenvalue weighted by Gasteiger charge is 2.38. The van der Waals surface area contributed by atoms with Crippen LogP contribution in [0.2, 0.25) is 5.02 Å². The molecule has 3 fully saturated rings. The molecule has 4 heterocycles. The van der Waals surface area contributed by atoms with Gasteiger partial charge in [0.1, 0.15) is 17.7 Å². The van der Waals surface area contributed by atoms with Crippen LogP contribution in [0.15, 0.2) is 42.7 Å². The summed E-state index contributed by atoms with van der Waals surface area (Å²) in [5.74, 6) is -0.717. The van der Waals surface area contributed by atoms with E-state index in [1.807, 2.05) is 18.2 Å². The molecule has 0 N–H and O–H groups in total. The predicted molar refractivity (Wildman–Crippen MR) is 178 cm³/mol. The number of benzene rings is 2. The number of amides is 1. The fourth-order valence-corrected chi connectivity index (χ4v) is 8.21. The maximum Gasteiger partial charge on any atom is 0.318 e. The van der Waals surface area contributed by atoms with Crippen LogP contribution in [0.25, 0.3) is 15.6 Å². The molecule has 3 aromatic rings. The fourth-order valence-electron chi connectivity index (χ4n) is 7.94. The van der Waals surface area contributed by atoms with Crippen molar-refractivity contribution >= 4 is 39.8 Å². The fraction of sp³-hybridized carbons (Fsp3) is 0.486. The summed E-state index contributed by atoms with van der Waals surface area (Å²) < 4.78 is 34.6. The van der Waals surface area contributed by atoms with Gasteiger partial charge in [0.2, 0.25) is 6.54 Å². The van der Waals surface area contributed by atoms with Gasteiger partial charge in [-0.15, -0.1) is 0 Å². The average Bonchev–Trinajstić information content (AvgIpc) is 3.71. The van der Waals surface area contributed by atoms with Gasteiger partial charge in [0, 0.05) is 61.9 Å². The van der Waals surface area contributed by atoms with E-state index in [0.717, 1.165) is 41.2 Å². The van der Waals surface area contributed by atoms with Crippen molar-refractivity contribution in [1.82, 2.24) is 19.8 Å². The monoisotopic (exact) mass is 661 g/mol. The summed E-state index contributed by atoms with van der Waals surface area (Å²) in [6.45, 7) is 15.4. The molecule has 1 aliphatic carbocycles. The van der Waals surface area contributed by atoms with Crippen LogP contribution in [0.4, 0.5) is 20.3 Å². The highest BCUT2D eigenvalue weighted by atomic mass is 35.5. The number of anilines is 2. The van der Waals surface area contributed by atoms with Gasteiger partial charge in [-0.05, 0) is 55.5 Å². The number of fused-ring (bicyclic) bond motifs is 4. The smallest absolute Gasteiger partial charge is 0.318 e. The summed E-state index contributed by atoms with van der Waals surface area (Å²) in [6, 6.07) is 9.41. The largest absolute Gasteiger partial charge is 0.463 e. The van der Waals surface area contributed by atoms with Crippen molar-refractivity contribution in [2.45, 2.75) is 50.7 Å². The summed E-state index contributed by atoms with van der Waals surface area (Å²) >= 11 is 6.50. The Morgan fingerprint density at radius 2 is 2.00 bits per heavy atom. The van der Waals surface area contributed by atoms with Crippen LogP contribution < -0.4 is 14.5 Å². The first-order valence-corrected chi connectivity index (χ1v) is 16.8. The summed E-state index contributed by atoms with van der Waals surface area (Å²) in [5.41, 5.74) is 2.60. The Hall–Kier alpha value is -4.01. The van der Waals surface area contributed by atoms with Crippen molar-refractivity contribution in [2.24, 2.45) is 5.92 Å². The molecule has 2 saturated heterocycles. The number of carbonyl (C=O) groups excluding carboxylic acids is 1. The topological polar surface area (TPSA) is 69.4 Å². The number of ether oxygens (including phenoxy) is 1. The molecule has 3 aliphatic heterocycles. The Bertz CT molecular complexity index is 1750. The van der Waals surface area contributed by atoms with E-state index in [1.165, 1.54) is 36.8 Å². The van der Waals surface area contributed by atoms with E-state index in [2.05, 4.69) is 26.1 Å². The third kappa shape index (κ3) is 6.21. The maximum atomic E-state index is 14.6. The summed E-state index contributed by atoms with van der Waals surface area (Å²) in [7, 11) is 0. The number of carbonyl (C=O) groups is 1. The Kier molecular flexibility index (Phi) is 8.90. The predicted octanol–water partition coefficient (Wildman–Crippen LogP) is 5.66. The number of piperazine rings is 1. The molecule has 1 amide bonds. The van der Waals surface area contributed by atoms with E-state index >= 15 is 0 Å². The Morgan fingerprint density at radius 3 is 2.77 bits per heavy atom. The van der Waals surface area contributed by atoms with Gasteiger partial charge in [0.15, 0.2) is 5.83 Å². The van der Waals surface area contributed by atoms with Crippen molar-refractivity contribution in [2.75, 3.05) is 62.2 Å². The van der Waals surface area contributed by atoms with Crippen molar-refractivity contribution in [3.05, 3.63) is 76.3 Å². The van der Waals surface area contributed by atoms with Gasteiger partial charge in [-0.25, -0.2) is 15.4 Å². The molecule has 246 valence electrons. The molecule has 1 unspecified atom stereocenters. The zero-order valence-electron chi connectivity index (χ0n) is 26.3. The van der Waals surface area contributed by atoms with Crippen LogP contribution in [0.5, 0.6) is 6.01 Å². The Morgan fingerprint density at radius 1 is 1.13 bits per heavy atom. The van der Waals surface area contributed by atoms with Gasteiger partial charge in [0.25, 0.3) is 5.91 Å². The van der Waals surface area contributed by atoms with E-state index in [9.17, 15) is 13.6 Å². The minimum absolute atomic E-state index is 0.0384. The number of hydrogen-bond donors (Lipinski definition) is 0. The minimum Gasteiger partial charge on any atom is -0.463 e. The number of halogens is 3. The maximum absolute atomic E-state index is 14.6. The quantitative estimate of drug-likeness (QED) is 0.167. The summed E-state index contributed by atoms with van der Waals surface area (Å²) in [5, 5.41) is 1.61. The SMILES string of the molecule is [C-]#[N+]C[C@H]1CN(c2nc(OCCCN3CC4CC[C@@H]3C4)nc3c2CCN(c2cccc4ccc(F)c(Cl)c24)C3)CCN1C(=O)C(=C)F. The van der Waals surface area contributed by atoms with Gasteiger partial charge in [0.05, 0.1) is 23.9 Å². The average molecular weight is 662 g/mol. The van der Waals surface area contributed by atoms with E-state index in [-0.39, 0.29) is 24.1 Å². The zero-order valence-corrected chi connectivity index (χ0v) is 27.1. The summed E-state index contributed by atoms with van der Waals surface area (Å²) in [6.07, 6.45) is 5.44. The molecule has 1 aromatic heterocycles. The molecule has 12 heteroatoms. The Balaban J connectivity index is 1.16. The number of nitrogens with zero attached hydrogens (tertiary/aromatic N) is 7. The molecule has 47 heavy (non-hydrogen) atoms. The third-order valence-electron chi connectivity index (χ3n) is 10.2. The standard InChI is InChI=1S/C35H38ClF2N7O2/c1-22(37)34(46)45-15-14-44(20-26(45)18-39-2)33-27-11-13-43(30-6-3-5-24-8-10-28(38)32(36)31(24)30)21-29(27)40-35(41-33)47-16-4-12-42-19-23-7-9-25(42)17-23/h3,5-6,8,10,23,25-26H,1,4,7,9,11-21H2/t23?,25-,26+/m1/s1. The molecule has 0 spiro atoms. The van der Waals surface area contributed by atoms with Crippen molar-refractivity contribution in [3.63, 3.8) is 0 Å². The number of hydrogen-bond acceptors (Lipinski definition) is 7. The lowest BCUT2D eigenvalue weighted by atomic mass is 10.0. The van der Waals surface area contributed by atoms with Crippen LogP contribution in [-0.4, -0.2) is 90.2 Å².